The van der Waals surface area contributed by atoms with Crippen LogP contribution in [0.15, 0.2) is 53.6 Å². The van der Waals surface area contributed by atoms with Crippen molar-refractivity contribution in [3.8, 4) is 22.6 Å². The predicted molar refractivity (Wildman–Crippen MR) is 150 cm³/mol. The molecule has 0 saturated carbocycles. The highest BCUT2D eigenvalue weighted by molar-refractivity contribution is 7.70. The van der Waals surface area contributed by atoms with E-state index in [-0.39, 0.29) is 17.9 Å². The maximum Gasteiger partial charge on any atom is 0.274 e. The Morgan fingerprint density at radius 1 is 1.00 bits per heavy atom. The SMILES string of the molecule is CN1CCN(Cc2c[nH]c3c(=O)n(C)cc(-c4cc(CCN[SH](=O)=O)ccc4Oc4ccc(F)cc4F)c23)CC1. The number of likely N-dealkylation sites (N-methyl/N-ethyl adjacent to an activating group) is 1. The molecule has 0 aliphatic carbocycles. The van der Waals surface area contributed by atoms with Crippen LogP contribution in [0.2, 0.25) is 0 Å². The lowest BCUT2D eigenvalue weighted by Gasteiger charge is -2.32. The van der Waals surface area contributed by atoms with Gasteiger partial charge in [0.1, 0.15) is 17.1 Å². The van der Waals surface area contributed by atoms with E-state index in [1.807, 2.05) is 12.3 Å². The number of benzene rings is 2. The minimum atomic E-state index is -2.73. The summed E-state index contributed by atoms with van der Waals surface area (Å²) < 4.78 is 60.0. The number of ether oxygens (including phenoxy) is 1. The van der Waals surface area contributed by atoms with Gasteiger partial charge in [-0.05, 0) is 48.9 Å². The van der Waals surface area contributed by atoms with Gasteiger partial charge in [0.05, 0.1) is 0 Å². The van der Waals surface area contributed by atoms with Crippen LogP contribution in [0.5, 0.6) is 11.5 Å². The van der Waals surface area contributed by atoms with Crippen LogP contribution in [0.4, 0.5) is 8.78 Å². The number of H-pyrrole nitrogens is 1. The summed E-state index contributed by atoms with van der Waals surface area (Å²) in [5, 5.41) is 0.740. The minimum Gasteiger partial charge on any atom is -0.454 e. The van der Waals surface area contributed by atoms with E-state index < -0.39 is 22.5 Å². The fourth-order valence-electron chi connectivity index (χ4n) is 5.01. The monoisotopic (exact) mass is 571 g/mol. The van der Waals surface area contributed by atoms with Crippen LogP contribution in [0.25, 0.3) is 22.0 Å². The molecule has 12 heteroatoms. The van der Waals surface area contributed by atoms with Crippen LogP contribution in [-0.4, -0.2) is 67.5 Å². The number of piperazine rings is 1. The smallest absolute Gasteiger partial charge is 0.274 e. The Hall–Kier alpha value is -3.58. The third kappa shape index (κ3) is 6.09. The Bertz CT molecular complexity index is 1670. The van der Waals surface area contributed by atoms with Crippen LogP contribution in [0, 0.1) is 11.6 Å². The number of aromatic amines is 1. The fourth-order valence-corrected chi connectivity index (χ4v) is 5.30. The first kappa shape index (κ1) is 28.0. The summed E-state index contributed by atoms with van der Waals surface area (Å²) in [7, 11) is 1.02. The first-order valence-corrected chi connectivity index (χ1v) is 14.1. The van der Waals surface area contributed by atoms with Crippen LogP contribution in [0.3, 0.4) is 0 Å². The van der Waals surface area contributed by atoms with Crippen molar-refractivity contribution in [2.45, 2.75) is 13.0 Å². The van der Waals surface area contributed by atoms with Crippen molar-refractivity contribution in [3.63, 3.8) is 0 Å². The number of halogens is 2. The molecule has 0 spiro atoms. The molecule has 1 aliphatic heterocycles. The lowest BCUT2D eigenvalue weighted by molar-refractivity contribution is 0.148. The average Bonchev–Trinajstić information content (AvgIpc) is 3.33. The number of hydrogen-bond donors (Lipinski definition) is 3. The van der Waals surface area contributed by atoms with E-state index in [4.69, 9.17) is 4.74 Å². The van der Waals surface area contributed by atoms with Gasteiger partial charge in [-0.1, -0.05) is 6.07 Å². The van der Waals surface area contributed by atoms with Gasteiger partial charge in [0, 0.05) is 81.3 Å². The number of thiol groups is 1. The number of fused-ring (bicyclic) bond motifs is 1. The molecule has 9 nitrogen and oxygen atoms in total. The molecule has 0 unspecified atom stereocenters. The van der Waals surface area contributed by atoms with Crippen molar-refractivity contribution in [2.24, 2.45) is 7.05 Å². The molecule has 1 saturated heterocycles. The fraction of sp³-hybridized carbons (Fsp3) is 0.321. The van der Waals surface area contributed by atoms with Crippen LogP contribution < -0.4 is 15.0 Å². The Morgan fingerprint density at radius 2 is 1.75 bits per heavy atom. The van der Waals surface area contributed by atoms with Gasteiger partial charge in [-0.25, -0.2) is 21.9 Å². The molecule has 4 aromatic rings. The molecule has 2 aromatic carbocycles. The number of nitrogens with one attached hydrogen (secondary N) is 2. The first-order chi connectivity index (χ1) is 19.2. The largest absolute Gasteiger partial charge is 0.454 e. The molecule has 0 radical (unpaired) electrons. The van der Waals surface area contributed by atoms with Crippen LogP contribution in [-0.2, 0) is 30.9 Å². The number of aromatic nitrogens is 2. The molecule has 0 amide bonds. The van der Waals surface area contributed by atoms with Crippen LogP contribution in [0.1, 0.15) is 11.1 Å². The van der Waals surface area contributed by atoms with E-state index >= 15 is 0 Å². The van der Waals surface area contributed by atoms with Gasteiger partial charge in [0.2, 0.25) is 10.9 Å². The van der Waals surface area contributed by atoms with Gasteiger partial charge in [0.25, 0.3) is 5.56 Å². The number of nitrogens with zero attached hydrogens (tertiary/aromatic N) is 3. The summed E-state index contributed by atoms with van der Waals surface area (Å²) in [5.41, 5.74) is 3.30. The van der Waals surface area contributed by atoms with Crippen LogP contribution >= 0.6 is 0 Å². The zero-order valence-electron chi connectivity index (χ0n) is 22.2. The molecule has 3 heterocycles. The molecule has 1 aliphatic rings. The summed E-state index contributed by atoms with van der Waals surface area (Å²) >= 11 is 0. The third-order valence-electron chi connectivity index (χ3n) is 7.18. The Balaban J connectivity index is 1.63. The van der Waals surface area contributed by atoms with Crippen molar-refractivity contribution in [1.82, 2.24) is 24.1 Å². The Labute approximate surface area is 232 Å². The van der Waals surface area contributed by atoms with Gasteiger partial charge >= 0.3 is 0 Å². The van der Waals surface area contributed by atoms with E-state index in [0.717, 1.165) is 54.8 Å². The molecule has 212 valence electrons. The predicted octanol–water partition coefficient (Wildman–Crippen LogP) is 3.01. The standard InChI is InChI=1S/C28H31F2N5O4S/c1-33-9-11-35(12-10-33)16-19-15-31-27-26(19)22(17-34(2)28(27)36)21-13-18(7-8-32-40(37)38)3-5-24(21)39-25-6-4-20(29)14-23(25)30/h3-6,13-15,17,31,40H,7-12,16H2,1-2H3,(H,32,37,38). The van der Waals surface area contributed by atoms with Gasteiger partial charge in [-0.15, -0.1) is 0 Å². The highest BCUT2D eigenvalue weighted by Crippen LogP contribution is 2.39. The summed E-state index contributed by atoms with van der Waals surface area (Å²) in [6.45, 7) is 4.52. The normalized spacial score (nSPS) is 14.8. The molecule has 2 aromatic heterocycles. The number of rotatable bonds is 9. The Kier molecular flexibility index (Phi) is 8.31. The van der Waals surface area contributed by atoms with Gasteiger partial charge < -0.3 is 19.2 Å². The van der Waals surface area contributed by atoms with E-state index in [1.165, 1.54) is 10.6 Å². The maximum atomic E-state index is 14.6. The highest BCUT2D eigenvalue weighted by Gasteiger charge is 2.22. The first-order valence-electron chi connectivity index (χ1n) is 12.9. The minimum absolute atomic E-state index is 0.145. The summed E-state index contributed by atoms with van der Waals surface area (Å²) in [6, 6.07) is 8.39. The second-order valence-corrected chi connectivity index (χ2v) is 10.9. The topological polar surface area (TPSA) is 99.7 Å². The highest BCUT2D eigenvalue weighted by atomic mass is 32.2. The number of hydrogen-bond acceptors (Lipinski definition) is 6. The van der Waals surface area contributed by atoms with Gasteiger partial charge in [-0.2, -0.15) is 0 Å². The second kappa shape index (κ2) is 11.9. The maximum absolute atomic E-state index is 14.6. The molecule has 40 heavy (non-hydrogen) atoms. The molecule has 2 N–H and O–H groups in total. The lowest BCUT2D eigenvalue weighted by Crippen LogP contribution is -2.43. The summed E-state index contributed by atoms with van der Waals surface area (Å²) in [5.74, 6) is -1.40. The molecular weight excluding hydrogens is 540 g/mol. The van der Waals surface area contributed by atoms with Crippen molar-refractivity contribution in [3.05, 3.63) is 81.9 Å². The van der Waals surface area contributed by atoms with E-state index in [9.17, 15) is 22.0 Å². The quantitative estimate of drug-likeness (QED) is 0.267. The average molecular weight is 572 g/mol. The number of aryl methyl sites for hydroxylation is 1. The number of pyridine rings is 1. The summed E-state index contributed by atoms with van der Waals surface area (Å²) in [4.78, 5) is 20.9. The zero-order valence-corrected chi connectivity index (χ0v) is 23.1. The van der Waals surface area contributed by atoms with Gasteiger partial charge in [-0.3, -0.25) is 9.69 Å². The van der Waals surface area contributed by atoms with Gasteiger partial charge in [0.15, 0.2) is 11.6 Å². The zero-order chi connectivity index (χ0) is 28.4. The molecule has 1 fully saturated rings. The summed E-state index contributed by atoms with van der Waals surface area (Å²) in [6.07, 6.45) is 3.98. The Morgan fingerprint density at radius 3 is 2.48 bits per heavy atom. The molecule has 0 bridgehead atoms. The van der Waals surface area contributed by atoms with E-state index in [1.54, 1.807) is 25.4 Å². The molecular formula is C28H31F2N5O4S. The van der Waals surface area contributed by atoms with Crippen molar-refractivity contribution < 1.29 is 21.9 Å². The molecule has 5 rings (SSSR count). The van der Waals surface area contributed by atoms with E-state index in [0.29, 0.717) is 35.4 Å². The third-order valence-corrected chi connectivity index (χ3v) is 7.66. The van der Waals surface area contributed by atoms with Crippen molar-refractivity contribution in [1.29, 1.82) is 0 Å². The lowest BCUT2D eigenvalue weighted by atomic mass is 9.97. The second-order valence-electron chi connectivity index (χ2n) is 10.0. The van der Waals surface area contributed by atoms with Crippen molar-refractivity contribution >= 4 is 21.8 Å². The molecule has 0 atom stereocenters. The van der Waals surface area contributed by atoms with Crippen molar-refractivity contribution in [2.75, 3.05) is 39.8 Å². The van der Waals surface area contributed by atoms with E-state index in [2.05, 4.69) is 26.6 Å².